The van der Waals surface area contributed by atoms with E-state index >= 15 is 0 Å². The van der Waals surface area contributed by atoms with E-state index in [1.165, 1.54) is 17.0 Å². The Hall–Kier alpha value is -2.52. The van der Waals surface area contributed by atoms with Crippen LogP contribution in [0.25, 0.3) is 0 Å². The van der Waals surface area contributed by atoms with Crippen molar-refractivity contribution in [3.05, 3.63) is 24.0 Å². The van der Waals surface area contributed by atoms with Crippen molar-refractivity contribution in [3.8, 4) is 0 Å². The standard InChI is InChI=1S/C20H27FN4O4/c1-12(2)10-25(14-4-5-14)18(19(22)27)20(28)23-13-3-6-16(15(21)9-13)24-7-8-29-11-17(24)26/h3,6,9,12,14,18H,4-5,7-8,10-11H2,1-2H3,(H2,22,27)(H,23,28)/t18-/m1/s1. The van der Waals surface area contributed by atoms with Crippen molar-refractivity contribution in [2.75, 3.05) is 36.5 Å². The number of halogens is 1. The van der Waals surface area contributed by atoms with Crippen molar-refractivity contribution in [2.45, 2.75) is 38.8 Å². The van der Waals surface area contributed by atoms with Crippen molar-refractivity contribution < 1.29 is 23.5 Å². The van der Waals surface area contributed by atoms with Gasteiger partial charge in [0.2, 0.25) is 5.91 Å². The molecule has 1 aliphatic carbocycles. The molecule has 8 nitrogen and oxygen atoms in total. The van der Waals surface area contributed by atoms with E-state index < -0.39 is 23.7 Å². The van der Waals surface area contributed by atoms with Gasteiger partial charge in [0.15, 0.2) is 6.04 Å². The van der Waals surface area contributed by atoms with E-state index in [9.17, 15) is 18.8 Å². The predicted octanol–water partition coefficient (Wildman–Crippen LogP) is 1.10. The lowest BCUT2D eigenvalue weighted by Gasteiger charge is -2.30. The van der Waals surface area contributed by atoms with E-state index in [1.807, 2.05) is 18.7 Å². The molecule has 158 valence electrons. The summed E-state index contributed by atoms with van der Waals surface area (Å²) >= 11 is 0. The van der Waals surface area contributed by atoms with Crippen molar-refractivity contribution in [3.63, 3.8) is 0 Å². The highest BCUT2D eigenvalue weighted by atomic mass is 19.1. The molecule has 1 saturated carbocycles. The van der Waals surface area contributed by atoms with Crippen LogP contribution in [0.5, 0.6) is 0 Å². The molecule has 2 fully saturated rings. The molecule has 0 bridgehead atoms. The summed E-state index contributed by atoms with van der Waals surface area (Å²) in [7, 11) is 0. The molecule has 1 atom stereocenters. The number of hydrogen-bond acceptors (Lipinski definition) is 5. The molecular formula is C20H27FN4O4. The maximum absolute atomic E-state index is 14.6. The molecular weight excluding hydrogens is 379 g/mol. The molecule has 0 aromatic heterocycles. The molecule has 1 aromatic rings. The largest absolute Gasteiger partial charge is 0.370 e. The molecule has 0 spiro atoms. The molecule has 1 aliphatic heterocycles. The zero-order valence-corrected chi connectivity index (χ0v) is 16.7. The maximum atomic E-state index is 14.6. The van der Waals surface area contributed by atoms with Crippen LogP contribution in [0.4, 0.5) is 15.8 Å². The Labute approximate surface area is 169 Å². The summed E-state index contributed by atoms with van der Waals surface area (Å²) in [6, 6.07) is 3.11. The zero-order valence-electron chi connectivity index (χ0n) is 16.7. The predicted molar refractivity (Wildman–Crippen MR) is 106 cm³/mol. The fourth-order valence-electron chi connectivity index (χ4n) is 3.52. The van der Waals surface area contributed by atoms with E-state index in [0.717, 1.165) is 18.9 Å². The summed E-state index contributed by atoms with van der Waals surface area (Å²) in [6.07, 6.45) is 1.83. The van der Waals surface area contributed by atoms with Crippen LogP contribution in [-0.2, 0) is 19.1 Å². The number of nitrogens with zero attached hydrogens (tertiary/aromatic N) is 2. The number of morpholine rings is 1. The Morgan fingerprint density at radius 2 is 2.10 bits per heavy atom. The average Bonchev–Trinajstić information content (AvgIpc) is 3.46. The van der Waals surface area contributed by atoms with E-state index in [2.05, 4.69) is 5.32 Å². The van der Waals surface area contributed by atoms with Crippen molar-refractivity contribution in [2.24, 2.45) is 11.7 Å². The lowest BCUT2D eigenvalue weighted by atomic mass is 10.1. The van der Waals surface area contributed by atoms with Crippen LogP contribution >= 0.6 is 0 Å². The lowest BCUT2D eigenvalue weighted by molar-refractivity contribution is -0.133. The summed E-state index contributed by atoms with van der Waals surface area (Å²) in [5.74, 6) is -2.02. The van der Waals surface area contributed by atoms with Gasteiger partial charge in [-0.25, -0.2) is 4.39 Å². The number of primary amides is 1. The number of carbonyl (C=O) groups is 3. The smallest absolute Gasteiger partial charge is 0.253 e. The number of anilines is 2. The molecule has 29 heavy (non-hydrogen) atoms. The molecule has 0 unspecified atom stereocenters. The first kappa shape index (κ1) is 21.2. The molecule has 1 aromatic carbocycles. The number of amides is 3. The summed E-state index contributed by atoms with van der Waals surface area (Å²) in [6.45, 7) is 5.08. The molecule has 3 amide bonds. The molecule has 0 radical (unpaired) electrons. The summed E-state index contributed by atoms with van der Waals surface area (Å²) in [5.41, 5.74) is 5.85. The first-order chi connectivity index (χ1) is 13.8. The molecule has 3 N–H and O–H groups in total. The van der Waals surface area contributed by atoms with Crippen molar-refractivity contribution in [1.82, 2.24) is 4.90 Å². The van der Waals surface area contributed by atoms with Gasteiger partial charge in [-0.3, -0.25) is 19.3 Å². The topological polar surface area (TPSA) is 105 Å². The Kier molecular flexibility index (Phi) is 6.49. The highest BCUT2D eigenvalue weighted by Crippen LogP contribution is 2.30. The number of benzene rings is 1. The highest BCUT2D eigenvalue weighted by molar-refractivity contribution is 6.09. The van der Waals surface area contributed by atoms with Crippen LogP contribution < -0.4 is 16.0 Å². The number of ether oxygens (including phenoxy) is 1. The van der Waals surface area contributed by atoms with Crippen molar-refractivity contribution >= 4 is 29.1 Å². The van der Waals surface area contributed by atoms with Gasteiger partial charge in [-0.1, -0.05) is 13.8 Å². The van der Waals surface area contributed by atoms with Gasteiger partial charge in [0.05, 0.1) is 12.3 Å². The minimum Gasteiger partial charge on any atom is -0.370 e. The van der Waals surface area contributed by atoms with E-state index in [1.54, 1.807) is 0 Å². The monoisotopic (exact) mass is 406 g/mol. The van der Waals surface area contributed by atoms with Gasteiger partial charge in [-0.05, 0) is 37.0 Å². The van der Waals surface area contributed by atoms with Crippen LogP contribution in [0, 0.1) is 11.7 Å². The van der Waals surface area contributed by atoms with Crippen LogP contribution in [0.1, 0.15) is 26.7 Å². The Bertz CT molecular complexity index is 797. The first-order valence-electron chi connectivity index (χ1n) is 9.81. The summed E-state index contributed by atoms with van der Waals surface area (Å²) in [4.78, 5) is 39.9. The second-order valence-corrected chi connectivity index (χ2v) is 7.88. The number of carbonyl (C=O) groups excluding carboxylic acids is 3. The number of hydrogen-bond donors (Lipinski definition) is 2. The quantitative estimate of drug-likeness (QED) is 0.629. The Morgan fingerprint density at radius 1 is 1.38 bits per heavy atom. The molecule has 1 heterocycles. The van der Waals surface area contributed by atoms with Gasteiger partial charge in [0.1, 0.15) is 12.4 Å². The Morgan fingerprint density at radius 3 is 2.66 bits per heavy atom. The third kappa shape index (κ3) is 5.10. The van der Waals surface area contributed by atoms with Gasteiger partial charge in [-0.2, -0.15) is 0 Å². The molecule has 3 rings (SSSR count). The van der Waals surface area contributed by atoms with Gasteiger partial charge < -0.3 is 20.7 Å². The average molecular weight is 406 g/mol. The minimum absolute atomic E-state index is 0.0922. The minimum atomic E-state index is -1.12. The SMILES string of the molecule is CC(C)CN(C1CC1)[C@H](C(N)=O)C(=O)Nc1ccc(N2CCOCC2=O)c(F)c1. The zero-order chi connectivity index (χ0) is 21.1. The van der Waals surface area contributed by atoms with Crippen LogP contribution in [0.3, 0.4) is 0 Å². The Balaban J connectivity index is 1.75. The first-order valence-corrected chi connectivity index (χ1v) is 9.81. The van der Waals surface area contributed by atoms with Gasteiger partial charge in [0.25, 0.3) is 11.8 Å². The van der Waals surface area contributed by atoms with Crippen LogP contribution in [0.2, 0.25) is 0 Å². The lowest BCUT2D eigenvalue weighted by Crippen LogP contribution is -2.54. The van der Waals surface area contributed by atoms with Crippen LogP contribution in [0.15, 0.2) is 18.2 Å². The number of rotatable bonds is 8. The number of nitrogens with one attached hydrogen (secondary N) is 1. The fraction of sp³-hybridized carbons (Fsp3) is 0.550. The molecule has 2 aliphatic rings. The normalized spacial score (nSPS) is 18.2. The second-order valence-electron chi connectivity index (χ2n) is 7.88. The highest BCUT2D eigenvalue weighted by Gasteiger charge is 2.40. The fourth-order valence-corrected chi connectivity index (χ4v) is 3.52. The van der Waals surface area contributed by atoms with Gasteiger partial charge >= 0.3 is 0 Å². The van der Waals surface area contributed by atoms with Crippen LogP contribution in [-0.4, -0.2) is 61.0 Å². The molecule has 1 saturated heterocycles. The summed E-state index contributed by atoms with van der Waals surface area (Å²) < 4.78 is 19.7. The maximum Gasteiger partial charge on any atom is 0.253 e. The molecule has 9 heteroatoms. The van der Waals surface area contributed by atoms with E-state index in [4.69, 9.17) is 10.5 Å². The van der Waals surface area contributed by atoms with Gasteiger partial charge in [-0.15, -0.1) is 0 Å². The third-order valence-corrected chi connectivity index (χ3v) is 4.93. The van der Waals surface area contributed by atoms with Gasteiger partial charge in [0, 0.05) is 24.8 Å². The number of nitrogens with two attached hydrogens (primary N) is 1. The van der Waals surface area contributed by atoms with E-state index in [0.29, 0.717) is 13.2 Å². The second kappa shape index (κ2) is 8.87. The van der Waals surface area contributed by atoms with Crippen molar-refractivity contribution in [1.29, 1.82) is 0 Å². The summed E-state index contributed by atoms with van der Waals surface area (Å²) in [5, 5.41) is 2.59. The van der Waals surface area contributed by atoms with E-state index in [-0.39, 0.29) is 42.4 Å². The third-order valence-electron chi connectivity index (χ3n) is 4.93.